The molecule has 4 nitrogen and oxygen atoms in total. The lowest BCUT2D eigenvalue weighted by atomic mass is 10.2. The number of ether oxygens (including phenoxy) is 4. The molecule has 0 radical (unpaired) electrons. The van der Waals surface area contributed by atoms with Crippen LogP contribution in [0.4, 0.5) is 0 Å². The minimum absolute atomic E-state index is 0.0208. The summed E-state index contributed by atoms with van der Waals surface area (Å²) in [7, 11) is 0. The second-order valence-corrected chi connectivity index (χ2v) is 3.14. The van der Waals surface area contributed by atoms with E-state index in [9.17, 15) is 0 Å². The van der Waals surface area contributed by atoms with Gasteiger partial charge in [-0.15, -0.1) is 0 Å². The van der Waals surface area contributed by atoms with E-state index < -0.39 is 0 Å². The molecule has 10 heavy (non-hydrogen) atoms. The summed E-state index contributed by atoms with van der Waals surface area (Å²) >= 11 is 0. The van der Waals surface area contributed by atoms with Gasteiger partial charge in [-0.25, -0.2) is 0 Å². The Hall–Kier alpha value is -0.160. The van der Waals surface area contributed by atoms with E-state index >= 15 is 0 Å². The average Bonchev–Trinajstić information content (AvgIpc) is 2.62. The van der Waals surface area contributed by atoms with Crippen LogP contribution < -0.4 is 0 Å². The fraction of sp³-hybridized carbons (Fsp3) is 1.00. The molecule has 0 amide bonds. The van der Waals surface area contributed by atoms with Gasteiger partial charge in [0.05, 0.1) is 0 Å². The molecule has 0 spiro atoms. The van der Waals surface area contributed by atoms with E-state index in [1.807, 2.05) is 0 Å². The largest absolute Gasteiger partial charge is 0.363 e. The van der Waals surface area contributed by atoms with E-state index in [4.69, 9.17) is 18.9 Å². The maximum Gasteiger partial charge on any atom is 0.190 e. The standard InChI is InChI=1S/C6H6O4/c7-1-2(7)4-6(9-4)10-5-3(1)8-5/h1-6H. The van der Waals surface area contributed by atoms with Crippen molar-refractivity contribution in [3.05, 3.63) is 0 Å². The van der Waals surface area contributed by atoms with Crippen molar-refractivity contribution in [1.82, 2.24) is 0 Å². The maximum atomic E-state index is 5.34. The van der Waals surface area contributed by atoms with Crippen molar-refractivity contribution in [2.75, 3.05) is 0 Å². The van der Waals surface area contributed by atoms with E-state index in [0.29, 0.717) is 0 Å². The lowest BCUT2D eigenvalue weighted by Crippen LogP contribution is -2.06. The highest BCUT2D eigenvalue weighted by atomic mass is 16.9. The van der Waals surface area contributed by atoms with Gasteiger partial charge < -0.3 is 18.9 Å². The van der Waals surface area contributed by atoms with Crippen molar-refractivity contribution in [3.63, 3.8) is 0 Å². The topological polar surface area (TPSA) is 46.8 Å². The third-order valence-electron chi connectivity index (χ3n) is 2.44. The van der Waals surface area contributed by atoms with Crippen LogP contribution in [0.2, 0.25) is 0 Å². The summed E-state index contributed by atoms with van der Waals surface area (Å²) in [5, 5.41) is 0. The van der Waals surface area contributed by atoms with Crippen molar-refractivity contribution in [2.24, 2.45) is 0 Å². The number of rotatable bonds is 0. The summed E-state index contributed by atoms with van der Waals surface area (Å²) in [5.74, 6) is 0. The summed E-state index contributed by atoms with van der Waals surface area (Å²) in [6.45, 7) is 0. The van der Waals surface area contributed by atoms with Gasteiger partial charge >= 0.3 is 0 Å². The van der Waals surface area contributed by atoms with Gasteiger partial charge in [0.2, 0.25) is 0 Å². The van der Waals surface area contributed by atoms with Crippen molar-refractivity contribution in [3.8, 4) is 0 Å². The highest BCUT2D eigenvalue weighted by Crippen LogP contribution is 2.51. The minimum atomic E-state index is -0.0208. The highest BCUT2D eigenvalue weighted by molar-refractivity contribution is 5.10. The summed E-state index contributed by atoms with van der Waals surface area (Å²) in [6, 6.07) is 0. The first-order valence-corrected chi connectivity index (χ1v) is 3.55. The fourth-order valence-corrected chi connectivity index (χ4v) is 1.70. The van der Waals surface area contributed by atoms with E-state index in [1.165, 1.54) is 0 Å². The van der Waals surface area contributed by atoms with Gasteiger partial charge in [-0.2, -0.15) is 0 Å². The molecule has 6 atom stereocenters. The van der Waals surface area contributed by atoms with Gasteiger partial charge in [0.15, 0.2) is 12.6 Å². The molecule has 0 aliphatic carbocycles. The highest BCUT2D eigenvalue weighted by Gasteiger charge is 2.71. The number of fused-ring (bicyclic) bond motifs is 5. The summed E-state index contributed by atoms with van der Waals surface area (Å²) in [5.41, 5.74) is 0. The predicted octanol–water partition coefficient (Wildman–Crippen LogP) is -0.766. The first kappa shape index (κ1) is 4.66. The second-order valence-electron chi connectivity index (χ2n) is 3.14. The van der Waals surface area contributed by atoms with Crippen molar-refractivity contribution < 1.29 is 18.9 Å². The molecule has 4 rings (SSSR count). The molecule has 54 valence electrons. The molecule has 4 heterocycles. The smallest absolute Gasteiger partial charge is 0.190 e. The molecular weight excluding hydrogens is 136 g/mol. The van der Waals surface area contributed by atoms with Gasteiger partial charge in [0.1, 0.15) is 24.4 Å². The van der Waals surface area contributed by atoms with Crippen molar-refractivity contribution in [2.45, 2.75) is 37.0 Å². The monoisotopic (exact) mass is 142 g/mol. The van der Waals surface area contributed by atoms with Gasteiger partial charge in [-0.1, -0.05) is 0 Å². The fourth-order valence-electron chi connectivity index (χ4n) is 1.70. The number of epoxide rings is 3. The molecule has 4 aliphatic heterocycles. The third kappa shape index (κ3) is 0.412. The van der Waals surface area contributed by atoms with E-state index in [1.54, 1.807) is 0 Å². The van der Waals surface area contributed by atoms with Crippen LogP contribution in [0.25, 0.3) is 0 Å². The average molecular weight is 142 g/mol. The Labute approximate surface area is 57.0 Å². The van der Waals surface area contributed by atoms with Gasteiger partial charge in [0.25, 0.3) is 0 Å². The molecular formula is C6H6O4. The summed E-state index contributed by atoms with van der Waals surface area (Å²) in [4.78, 5) is 0. The number of hydrogen-bond acceptors (Lipinski definition) is 4. The predicted molar refractivity (Wildman–Crippen MR) is 27.1 cm³/mol. The van der Waals surface area contributed by atoms with E-state index in [0.717, 1.165) is 0 Å². The Bertz CT molecular complexity index is 186. The van der Waals surface area contributed by atoms with Crippen LogP contribution in [0.15, 0.2) is 0 Å². The molecule has 0 saturated carbocycles. The van der Waals surface area contributed by atoms with Gasteiger partial charge in [-0.3, -0.25) is 0 Å². The molecule has 4 heteroatoms. The zero-order valence-electron chi connectivity index (χ0n) is 5.10. The summed E-state index contributed by atoms with van der Waals surface area (Å²) < 4.78 is 21.0. The SMILES string of the molecule is O1C2OC2C2OC2C2OC12. The number of hydrogen-bond donors (Lipinski definition) is 0. The quantitative estimate of drug-likeness (QED) is 0.417. The van der Waals surface area contributed by atoms with Crippen molar-refractivity contribution in [1.29, 1.82) is 0 Å². The van der Waals surface area contributed by atoms with Crippen LogP contribution in [-0.4, -0.2) is 37.0 Å². The Morgan fingerprint density at radius 3 is 1.70 bits per heavy atom. The normalized spacial score (nSPS) is 74.4. The first-order chi connectivity index (χ1) is 4.93. The van der Waals surface area contributed by atoms with Crippen LogP contribution in [0, 0.1) is 0 Å². The Morgan fingerprint density at radius 2 is 1.10 bits per heavy atom. The molecule has 0 aromatic rings. The minimum Gasteiger partial charge on any atom is -0.363 e. The molecule has 4 fully saturated rings. The van der Waals surface area contributed by atoms with Gasteiger partial charge in [-0.05, 0) is 0 Å². The third-order valence-corrected chi connectivity index (χ3v) is 2.44. The molecule has 0 bridgehead atoms. The van der Waals surface area contributed by atoms with Crippen LogP contribution in [0.5, 0.6) is 0 Å². The van der Waals surface area contributed by atoms with Crippen LogP contribution in [-0.2, 0) is 18.9 Å². The van der Waals surface area contributed by atoms with Crippen LogP contribution in [0.1, 0.15) is 0 Å². The lowest BCUT2D eigenvalue weighted by molar-refractivity contribution is -0.0103. The van der Waals surface area contributed by atoms with Gasteiger partial charge in [0, 0.05) is 0 Å². The Kier molecular flexibility index (Phi) is 0.531. The molecule has 0 N–H and O–H groups in total. The second kappa shape index (κ2) is 1.14. The van der Waals surface area contributed by atoms with Crippen LogP contribution >= 0.6 is 0 Å². The Morgan fingerprint density at radius 1 is 0.500 bits per heavy atom. The summed E-state index contributed by atoms with van der Waals surface area (Å²) in [6.07, 6.45) is 0.966. The van der Waals surface area contributed by atoms with Crippen LogP contribution in [0.3, 0.4) is 0 Å². The Balaban J connectivity index is 1.72. The zero-order chi connectivity index (χ0) is 6.29. The van der Waals surface area contributed by atoms with E-state index in [-0.39, 0.29) is 37.0 Å². The van der Waals surface area contributed by atoms with Crippen molar-refractivity contribution >= 4 is 0 Å². The molecule has 4 saturated heterocycles. The first-order valence-electron chi connectivity index (χ1n) is 3.55. The zero-order valence-corrected chi connectivity index (χ0v) is 5.10. The molecule has 0 aromatic heterocycles. The molecule has 6 unspecified atom stereocenters. The molecule has 0 aromatic carbocycles. The molecule has 4 aliphatic rings. The maximum absolute atomic E-state index is 5.34. The lowest BCUT2D eigenvalue weighted by Gasteiger charge is -1.89. The van der Waals surface area contributed by atoms with E-state index in [2.05, 4.69) is 0 Å².